The number of carbonyl (C=O) groups is 4. The van der Waals surface area contributed by atoms with Gasteiger partial charge in [0, 0.05) is 60.1 Å². The maximum atomic E-state index is 14.6. The highest BCUT2D eigenvalue weighted by atomic mass is 16.3. The summed E-state index contributed by atoms with van der Waals surface area (Å²) in [5.41, 5.74) is 7.34. The first-order valence-corrected chi connectivity index (χ1v) is 25.9. The molecule has 0 bridgehead atoms. The van der Waals surface area contributed by atoms with Gasteiger partial charge in [-0.3, -0.25) is 19.2 Å². The molecule has 2 aliphatic rings. The molecule has 6 N–H and O–H groups in total. The van der Waals surface area contributed by atoms with Crippen molar-refractivity contribution in [1.82, 2.24) is 40.2 Å². The van der Waals surface area contributed by atoms with Gasteiger partial charge in [0.15, 0.2) is 0 Å². The number of fused-ring (bicyclic) bond motifs is 2. The molecule has 2 saturated heterocycles. The molecule has 0 aliphatic carbocycles. The molecule has 2 unspecified atom stereocenters. The van der Waals surface area contributed by atoms with Crippen molar-refractivity contribution in [3.05, 3.63) is 83.9 Å². The van der Waals surface area contributed by atoms with Crippen LogP contribution in [0.4, 0.5) is 0 Å². The van der Waals surface area contributed by atoms with E-state index in [1.807, 2.05) is 69.5 Å². The van der Waals surface area contributed by atoms with Gasteiger partial charge in [-0.2, -0.15) is 0 Å². The molecule has 0 saturated carbocycles. The number of rotatable bonds is 19. The van der Waals surface area contributed by atoms with Gasteiger partial charge in [-0.05, 0) is 118 Å². The number of aliphatic hydroxyl groups is 2. The van der Waals surface area contributed by atoms with Crippen LogP contribution < -0.4 is 21.3 Å². The van der Waals surface area contributed by atoms with E-state index in [1.54, 1.807) is 27.9 Å². The molecular weight excluding hydrogens is 893 g/mol. The maximum Gasteiger partial charge on any atom is 0.245 e. The Morgan fingerprint density at radius 2 is 1.01 bits per heavy atom. The van der Waals surface area contributed by atoms with Crippen molar-refractivity contribution in [2.24, 2.45) is 10.8 Å². The first kappa shape index (κ1) is 53.3. The Bertz CT molecular complexity index is 2670. The standard InChI is InChI=1S/C57H80N8O6/c1-36(58-9)52(68)60-50(56(3,4)5)54(70)62-29-15-17-40(62)27-28-44-42-19-11-13-21-46(42)64(31-33-66)48(44)38-23-25-39(26-24-38)49-45(43-20-12-14-22-47(43)65(49)32-34-67)35-41-18-16-30-63(41)55(71)51(57(6,7)8)61-53(69)37(2)59-10/h11-14,19-26,36-37,40-41,50-51,58-59,66-67H,15-18,27-35H2,1-10H3,(H,60,68)(H,61,69)/t36-,37-,40-,41-,50?,51?/m0/s1. The molecule has 0 radical (unpaired) electrons. The van der Waals surface area contributed by atoms with Crippen molar-refractivity contribution in [3.63, 3.8) is 0 Å². The lowest BCUT2D eigenvalue weighted by Gasteiger charge is -2.36. The number of amides is 4. The van der Waals surface area contributed by atoms with E-state index < -0.39 is 35.0 Å². The van der Waals surface area contributed by atoms with Gasteiger partial charge in [0.2, 0.25) is 23.6 Å². The molecule has 4 amide bonds. The number of aryl methyl sites for hydroxylation is 1. The second-order valence-corrected chi connectivity index (χ2v) is 22.1. The number of likely N-dealkylation sites (N-methyl/N-ethyl adjacent to an activating group) is 2. The van der Waals surface area contributed by atoms with Crippen LogP contribution in [0.5, 0.6) is 0 Å². The van der Waals surface area contributed by atoms with Crippen molar-refractivity contribution in [2.75, 3.05) is 40.4 Å². The molecule has 0 spiro atoms. The predicted octanol–water partition coefficient (Wildman–Crippen LogP) is 6.65. The highest BCUT2D eigenvalue weighted by Crippen LogP contribution is 2.41. The Morgan fingerprint density at radius 1 is 0.606 bits per heavy atom. The first-order valence-electron chi connectivity index (χ1n) is 25.9. The van der Waals surface area contributed by atoms with Crippen molar-refractivity contribution in [3.8, 4) is 22.5 Å². The van der Waals surface area contributed by atoms with Crippen LogP contribution in [0.1, 0.15) is 98.6 Å². The van der Waals surface area contributed by atoms with E-state index in [-0.39, 0.29) is 48.9 Å². The highest BCUT2D eigenvalue weighted by molar-refractivity contribution is 5.95. The lowest BCUT2D eigenvalue weighted by molar-refractivity contribution is -0.140. The second-order valence-electron chi connectivity index (χ2n) is 22.1. The average Bonchev–Trinajstić information content (AvgIpc) is 4.15. The Morgan fingerprint density at radius 3 is 1.45 bits per heavy atom. The summed E-state index contributed by atoms with van der Waals surface area (Å²) in [5, 5.41) is 35.4. The van der Waals surface area contributed by atoms with E-state index in [4.69, 9.17) is 0 Å². The zero-order chi connectivity index (χ0) is 51.4. The predicted molar refractivity (Wildman–Crippen MR) is 284 cm³/mol. The Hall–Kier alpha value is -5.54. The zero-order valence-electron chi connectivity index (χ0n) is 43.9. The van der Waals surface area contributed by atoms with E-state index >= 15 is 0 Å². The fourth-order valence-corrected chi connectivity index (χ4v) is 11.1. The van der Waals surface area contributed by atoms with Gasteiger partial charge in [0.25, 0.3) is 0 Å². The molecule has 6 atom stereocenters. The third-order valence-electron chi connectivity index (χ3n) is 15.2. The van der Waals surface area contributed by atoms with E-state index in [0.29, 0.717) is 39.0 Å². The van der Waals surface area contributed by atoms with Crippen LogP contribution in [0, 0.1) is 10.8 Å². The fraction of sp³-hybridized carbons (Fsp3) is 0.544. The molecule has 5 aromatic rings. The van der Waals surface area contributed by atoms with Crippen molar-refractivity contribution >= 4 is 45.4 Å². The molecular formula is C57H80N8O6. The molecule has 2 aromatic heterocycles. The molecule has 3 aromatic carbocycles. The van der Waals surface area contributed by atoms with Crippen molar-refractivity contribution in [2.45, 2.75) is 150 Å². The minimum absolute atomic E-state index is 0.000681. The van der Waals surface area contributed by atoms with E-state index in [1.165, 1.54) is 0 Å². The summed E-state index contributed by atoms with van der Waals surface area (Å²) >= 11 is 0. The highest BCUT2D eigenvalue weighted by Gasteiger charge is 2.42. The SMILES string of the molecule is CN[C@@H](C)C(=O)NC(C(=O)N1CCC[C@H]1CCc1c(-c2ccc(-c3c(C[C@@H]4CCCN4C(=O)C(NC(=O)[C@H](C)NC)C(C)(C)C)c4ccccc4n3CCO)cc2)n(CCO)c2ccccc12)C(C)(C)C. The smallest absolute Gasteiger partial charge is 0.245 e. The third-order valence-corrected chi connectivity index (χ3v) is 15.2. The zero-order valence-corrected chi connectivity index (χ0v) is 43.9. The second kappa shape index (κ2) is 22.5. The Balaban J connectivity index is 1.24. The Kier molecular flexibility index (Phi) is 16.9. The van der Waals surface area contributed by atoms with Crippen LogP contribution in [0.15, 0.2) is 72.8 Å². The van der Waals surface area contributed by atoms with Crippen molar-refractivity contribution in [1.29, 1.82) is 0 Å². The number of benzene rings is 3. The molecule has 14 nitrogen and oxygen atoms in total. The van der Waals surface area contributed by atoms with Crippen LogP contribution >= 0.6 is 0 Å². The summed E-state index contributed by atoms with van der Waals surface area (Å²) < 4.78 is 4.43. The molecule has 384 valence electrons. The van der Waals surface area contributed by atoms with Gasteiger partial charge in [0.05, 0.1) is 36.7 Å². The van der Waals surface area contributed by atoms with E-state index in [9.17, 15) is 29.4 Å². The normalized spacial score (nSPS) is 18.3. The first-order chi connectivity index (χ1) is 33.8. The number of hydrogen-bond acceptors (Lipinski definition) is 8. The van der Waals surface area contributed by atoms with Gasteiger partial charge < -0.3 is 50.4 Å². The summed E-state index contributed by atoms with van der Waals surface area (Å²) in [7, 11) is 3.47. The van der Waals surface area contributed by atoms with Crippen molar-refractivity contribution < 1.29 is 29.4 Å². The monoisotopic (exact) mass is 973 g/mol. The van der Waals surface area contributed by atoms with E-state index in [0.717, 1.165) is 87.6 Å². The lowest BCUT2D eigenvalue weighted by atomic mass is 9.85. The molecule has 4 heterocycles. The molecule has 2 aliphatic heterocycles. The summed E-state index contributed by atoms with van der Waals surface area (Å²) in [5.74, 6) is -0.522. The van der Waals surface area contributed by atoms with Gasteiger partial charge in [-0.15, -0.1) is 0 Å². The number of aliphatic hydroxyl groups excluding tert-OH is 2. The van der Waals surface area contributed by atoms with Crippen LogP contribution in [-0.4, -0.2) is 129 Å². The molecule has 71 heavy (non-hydrogen) atoms. The van der Waals surface area contributed by atoms with Crippen LogP contribution in [0.2, 0.25) is 0 Å². The molecule has 14 heteroatoms. The average molecular weight is 973 g/mol. The number of nitrogens with one attached hydrogen (secondary N) is 4. The summed E-state index contributed by atoms with van der Waals surface area (Å²) in [6.45, 7) is 17.5. The topological polar surface area (TPSA) is 173 Å². The third kappa shape index (κ3) is 11.3. The van der Waals surface area contributed by atoms with Crippen LogP contribution in [0.3, 0.4) is 0 Å². The summed E-state index contributed by atoms with van der Waals surface area (Å²) in [6, 6.07) is 22.9. The summed E-state index contributed by atoms with van der Waals surface area (Å²) in [6.07, 6.45) is 5.51. The number of nitrogens with zero attached hydrogens (tertiary/aromatic N) is 4. The molecule has 2 fully saturated rings. The number of aromatic nitrogens is 2. The van der Waals surface area contributed by atoms with Crippen LogP contribution in [-0.2, 0) is 45.1 Å². The largest absolute Gasteiger partial charge is 0.395 e. The van der Waals surface area contributed by atoms with Gasteiger partial charge in [-0.25, -0.2) is 0 Å². The maximum absolute atomic E-state index is 14.6. The van der Waals surface area contributed by atoms with Crippen LogP contribution in [0.25, 0.3) is 44.3 Å². The summed E-state index contributed by atoms with van der Waals surface area (Å²) in [4.78, 5) is 59.3. The minimum Gasteiger partial charge on any atom is -0.395 e. The number of hydrogen-bond donors (Lipinski definition) is 6. The van der Waals surface area contributed by atoms with Gasteiger partial charge in [0.1, 0.15) is 12.1 Å². The van der Waals surface area contributed by atoms with Gasteiger partial charge in [-0.1, -0.05) is 102 Å². The molecule has 7 rings (SSSR count). The fourth-order valence-electron chi connectivity index (χ4n) is 11.1. The Labute approximate surface area is 420 Å². The number of likely N-dealkylation sites (tertiary alicyclic amines) is 2. The van der Waals surface area contributed by atoms with Gasteiger partial charge >= 0.3 is 0 Å². The lowest BCUT2D eigenvalue weighted by Crippen LogP contribution is -2.58. The number of carbonyl (C=O) groups excluding carboxylic acids is 4. The van der Waals surface area contributed by atoms with E-state index in [2.05, 4.69) is 85.0 Å². The number of para-hydroxylation sites is 2. The minimum atomic E-state index is -0.701. The quantitative estimate of drug-likeness (QED) is 0.0534.